The zero-order chi connectivity index (χ0) is 23.9. The lowest BCUT2D eigenvalue weighted by atomic mass is 9.98. The highest BCUT2D eigenvalue weighted by molar-refractivity contribution is 6.11. The Morgan fingerprint density at radius 1 is 1.06 bits per heavy atom. The molecule has 1 saturated heterocycles. The Hall–Kier alpha value is -3.29. The number of carbonyl (C=O) groups excluding carboxylic acids is 1. The molecule has 1 heterocycles. The molecule has 0 bridgehead atoms. The van der Waals surface area contributed by atoms with Crippen molar-refractivity contribution in [2.75, 3.05) is 18.5 Å². The van der Waals surface area contributed by atoms with Crippen molar-refractivity contribution in [3.8, 4) is 5.75 Å². The summed E-state index contributed by atoms with van der Waals surface area (Å²) in [4.78, 5) is 13.4. The number of ketones is 1. The standard InChI is InChI=1S/C27H25F2NO4/c1-27(2)33-15-19(34-27)14-32-25-5-3-4-22-21(25)9-6-16-12-18(8-10-20(16)26(22)31)30-24-11-7-17(28)13-23(24)29/h3-5,7-8,10-13,19,30H,6,9,14-15H2,1-2H3. The van der Waals surface area contributed by atoms with Crippen LogP contribution in [0.4, 0.5) is 20.2 Å². The van der Waals surface area contributed by atoms with E-state index in [9.17, 15) is 13.6 Å². The average Bonchev–Trinajstić information content (AvgIpc) is 3.09. The van der Waals surface area contributed by atoms with Gasteiger partial charge in [-0.1, -0.05) is 12.1 Å². The third-order valence-electron chi connectivity index (χ3n) is 6.07. The molecule has 1 atom stereocenters. The summed E-state index contributed by atoms with van der Waals surface area (Å²) in [6.07, 6.45) is 1.06. The monoisotopic (exact) mass is 465 g/mol. The van der Waals surface area contributed by atoms with E-state index in [1.165, 1.54) is 12.1 Å². The van der Waals surface area contributed by atoms with Crippen LogP contribution < -0.4 is 10.1 Å². The molecule has 3 aromatic rings. The number of nitrogens with one attached hydrogen (secondary N) is 1. The second-order valence-corrected chi connectivity index (χ2v) is 8.99. The number of hydrogen-bond acceptors (Lipinski definition) is 5. The lowest BCUT2D eigenvalue weighted by Gasteiger charge is -2.18. The van der Waals surface area contributed by atoms with Crippen LogP contribution in [0.25, 0.3) is 0 Å². The van der Waals surface area contributed by atoms with E-state index in [-0.39, 0.29) is 17.6 Å². The van der Waals surface area contributed by atoms with Crippen LogP contribution in [0.3, 0.4) is 0 Å². The zero-order valence-electron chi connectivity index (χ0n) is 19.0. The van der Waals surface area contributed by atoms with Crippen molar-refractivity contribution in [1.29, 1.82) is 0 Å². The van der Waals surface area contributed by atoms with Crippen molar-refractivity contribution in [2.45, 2.75) is 38.6 Å². The summed E-state index contributed by atoms with van der Waals surface area (Å²) < 4.78 is 44.8. The minimum atomic E-state index is -0.680. The Bertz CT molecular complexity index is 1260. The largest absolute Gasteiger partial charge is 0.490 e. The van der Waals surface area contributed by atoms with Gasteiger partial charge >= 0.3 is 0 Å². The summed E-state index contributed by atoms with van der Waals surface area (Å²) in [7, 11) is 0. The summed E-state index contributed by atoms with van der Waals surface area (Å²) in [5.41, 5.74) is 3.73. The Labute approximate surface area is 196 Å². The molecule has 1 fully saturated rings. The lowest BCUT2D eigenvalue weighted by molar-refractivity contribution is -0.141. The van der Waals surface area contributed by atoms with Gasteiger partial charge in [-0.15, -0.1) is 0 Å². The quantitative estimate of drug-likeness (QED) is 0.534. The summed E-state index contributed by atoms with van der Waals surface area (Å²) >= 11 is 0. The molecular weight excluding hydrogens is 440 g/mol. The molecule has 7 heteroatoms. The summed E-state index contributed by atoms with van der Waals surface area (Å²) in [6.45, 7) is 4.52. The fourth-order valence-corrected chi connectivity index (χ4v) is 4.45. The molecular formula is C27H25F2NO4. The van der Waals surface area contributed by atoms with Crippen molar-refractivity contribution in [1.82, 2.24) is 0 Å². The number of carbonyl (C=O) groups is 1. The Morgan fingerprint density at radius 2 is 1.91 bits per heavy atom. The van der Waals surface area contributed by atoms with E-state index < -0.39 is 17.4 Å². The molecule has 1 unspecified atom stereocenters. The molecule has 5 nitrogen and oxygen atoms in total. The number of fused-ring (bicyclic) bond motifs is 2. The molecule has 2 aliphatic rings. The second-order valence-electron chi connectivity index (χ2n) is 8.99. The summed E-state index contributed by atoms with van der Waals surface area (Å²) in [5, 5.41) is 2.97. The van der Waals surface area contributed by atoms with Crippen LogP contribution in [0.2, 0.25) is 0 Å². The van der Waals surface area contributed by atoms with Crippen molar-refractivity contribution in [2.24, 2.45) is 0 Å². The lowest BCUT2D eigenvalue weighted by Crippen LogP contribution is -2.25. The SMILES string of the molecule is CC1(C)OCC(COc2cccc3c2CCc2cc(Nc4ccc(F)cc4F)ccc2C3=O)O1. The van der Waals surface area contributed by atoms with Gasteiger partial charge in [0.2, 0.25) is 0 Å². The van der Waals surface area contributed by atoms with E-state index in [0.717, 1.165) is 17.2 Å². The number of halogens is 2. The van der Waals surface area contributed by atoms with Crippen molar-refractivity contribution in [3.05, 3.63) is 88.5 Å². The normalized spacial score (nSPS) is 18.7. The fourth-order valence-electron chi connectivity index (χ4n) is 4.45. The molecule has 0 saturated carbocycles. The van der Waals surface area contributed by atoms with E-state index in [1.54, 1.807) is 12.1 Å². The first-order valence-electron chi connectivity index (χ1n) is 11.3. The maximum absolute atomic E-state index is 14.1. The topological polar surface area (TPSA) is 56.8 Å². The Balaban J connectivity index is 1.36. The minimum absolute atomic E-state index is 0.0750. The molecule has 0 amide bonds. The van der Waals surface area contributed by atoms with Crippen molar-refractivity contribution in [3.63, 3.8) is 0 Å². The van der Waals surface area contributed by atoms with Gasteiger partial charge in [0.1, 0.15) is 30.1 Å². The van der Waals surface area contributed by atoms with E-state index >= 15 is 0 Å². The van der Waals surface area contributed by atoms with Crippen LogP contribution in [0.15, 0.2) is 54.6 Å². The van der Waals surface area contributed by atoms with Crippen LogP contribution in [0.5, 0.6) is 5.75 Å². The third-order valence-corrected chi connectivity index (χ3v) is 6.07. The first kappa shape index (κ1) is 22.5. The number of benzene rings is 3. The number of aryl methyl sites for hydroxylation is 1. The minimum Gasteiger partial charge on any atom is -0.490 e. The first-order valence-corrected chi connectivity index (χ1v) is 11.3. The maximum Gasteiger partial charge on any atom is 0.193 e. The molecule has 0 spiro atoms. The highest BCUT2D eigenvalue weighted by atomic mass is 19.1. The van der Waals surface area contributed by atoms with Gasteiger partial charge in [0, 0.05) is 28.4 Å². The first-order chi connectivity index (χ1) is 16.3. The number of hydrogen-bond donors (Lipinski definition) is 1. The number of anilines is 2. The van der Waals surface area contributed by atoms with Gasteiger partial charge in [-0.25, -0.2) is 8.78 Å². The smallest absolute Gasteiger partial charge is 0.193 e. The molecule has 5 rings (SSSR count). The van der Waals surface area contributed by atoms with E-state index in [2.05, 4.69) is 5.32 Å². The Kier molecular flexibility index (Phi) is 5.83. The molecule has 34 heavy (non-hydrogen) atoms. The second kappa shape index (κ2) is 8.81. The van der Waals surface area contributed by atoms with Gasteiger partial charge in [0.05, 0.1) is 12.3 Å². The van der Waals surface area contributed by atoms with Gasteiger partial charge in [-0.05, 0) is 68.7 Å². The molecule has 1 aliphatic carbocycles. The molecule has 1 N–H and O–H groups in total. The summed E-state index contributed by atoms with van der Waals surface area (Å²) in [6, 6.07) is 14.2. The zero-order valence-corrected chi connectivity index (χ0v) is 19.0. The number of rotatable bonds is 5. The van der Waals surface area contributed by atoms with Crippen LogP contribution in [0.1, 0.15) is 40.9 Å². The highest BCUT2D eigenvalue weighted by Crippen LogP contribution is 2.33. The highest BCUT2D eigenvalue weighted by Gasteiger charge is 2.33. The van der Waals surface area contributed by atoms with Crippen LogP contribution in [-0.2, 0) is 22.3 Å². The van der Waals surface area contributed by atoms with Gasteiger partial charge in [-0.2, -0.15) is 0 Å². The van der Waals surface area contributed by atoms with Crippen LogP contribution in [0, 0.1) is 11.6 Å². The molecule has 0 aromatic heterocycles. The van der Waals surface area contributed by atoms with Gasteiger partial charge in [0.25, 0.3) is 0 Å². The van der Waals surface area contributed by atoms with Gasteiger partial charge in [0.15, 0.2) is 11.6 Å². The molecule has 3 aromatic carbocycles. The molecule has 176 valence electrons. The van der Waals surface area contributed by atoms with Crippen LogP contribution >= 0.6 is 0 Å². The predicted molar refractivity (Wildman–Crippen MR) is 124 cm³/mol. The Morgan fingerprint density at radius 3 is 2.68 bits per heavy atom. The third kappa shape index (κ3) is 4.54. The number of ether oxygens (including phenoxy) is 3. The molecule has 0 radical (unpaired) electrons. The van der Waals surface area contributed by atoms with E-state index in [0.29, 0.717) is 48.6 Å². The average molecular weight is 465 g/mol. The van der Waals surface area contributed by atoms with Crippen LogP contribution in [-0.4, -0.2) is 30.9 Å². The molecule has 1 aliphatic heterocycles. The van der Waals surface area contributed by atoms with E-state index in [1.807, 2.05) is 38.1 Å². The van der Waals surface area contributed by atoms with E-state index in [4.69, 9.17) is 14.2 Å². The predicted octanol–water partition coefficient (Wildman–Crippen LogP) is 5.57. The summed E-state index contributed by atoms with van der Waals surface area (Å²) in [5.74, 6) is -1.35. The van der Waals surface area contributed by atoms with Crippen molar-refractivity contribution < 1.29 is 27.8 Å². The van der Waals surface area contributed by atoms with Crippen molar-refractivity contribution >= 4 is 17.2 Å². The van der Waals surface area contributed by atoms with Gasteiger partial charge < -0.3 is 19.5 Å². The van der Waals surface area contributed by atoms with Gasteiger partial charge in [-0.3, -0.25) is 4.79 Å². The maximum atomic E-state index is 14.1. The fraction of sp³-hybridized carbons (Fsp3) is 0.296.